The van der Waals surface area contributed by atoms with E-state index in [-0.39, 0.29) is 28.7 Å². The lowest BCUT2D eigenvalue weighted by Gasteiger charge is -2.44. The molecule has 0 aliphatic carbocycles. The standard InChI is InChI=1S/C22H24F2N4O2S2/c1-22(2)8-9-28(19(12-22)15-6-4-3-5-7-15)13-16-10-18(24)20(11-17(16)23)32(29,30)27-21-25-14-26-31-21/h3-7,10-11,14,19H,8-9,12-13H2,1-2H3,(H,25,26,27)/t19-/m1/s1. The number of likely N-dealkylation sites (tertiary alicyclic amines) is 1. The Hall–Kier alpha value is -2.43. The maximum Gasteiger partial charge on any atom is 0.266 e. The van der Waals surface area contributed by atoms with E-state index < -0.39 is 26.6 Å². The molecule has 0 spiro atoms. The highest BCUT2D eigenvalue weighted by Crippen LogP contribution is 2.42. The van der Waals surface area contributed by atoms with Gasteiger partial charge in [0, 0.05) is 29.7 Å². The number of hydrogen-bond donors (Lipinski definition) is 1. The molecular weight excluding hydrogens is 454 g/mol. The van der Waals surface area contributed by atoms with Crippen molar-refractivity contribution in [1.82, 2.24) is 14.3 Å². The predicted octanol–water partition coefficient (Wildman–Crippen LogP) is 4.98. The topological polar surface area (TPSA) is 75.2 Å². The van der Waals surface area contributed by atoms with E-state index in [0.29, 0.717) is 0 Å². The molecule has 170 valence electrons. The molecule has 6 nitrogen and oxygen atoms in total. The largest absolute Gasteiger partial charge is 0.292 e. The first-order chi connectivity index (χ1) is 15.1. The first-order valence-corrected chi connectivity index (χ1v) is 12.5. The lowest BCUT2D eigenvalue weighted by Crippen LogP contribution is -2.39. The summed E-state index contributed by atoms with van der Waals surface area (Å²) in [6, 6.07) is 11.8. The Kier molecular flexibility index (Phi) is 6.28. The van der Waals surface area contributed by atoms with Crippen LogP contribution < -0.4 is 4.72 Å². The molecule has 1 atom stereocenters. The Morgan fingerprint density at radius 1 is 1.19 bits per heavy atom. The van der Waals surface area contributed by atoms with E-state index >= 15 is 0 Å². The Morgan fingerprint density at radius 3 is 2.62 bits per heavy atom. The third kappa shape index (κ3) is 4.97. The highest BCUT2D eigenvalue weighted by atomic mass is 32.2. The number of halogens is 2. The lowest BCUT2D eigenvalue weighted by molar-refractivity contribution is 0.0627. The molecule has 0 unspecified atom stereocenters. The third-order valence-electron chi connectivity index (χ3n) is 5.79. The molecule has 0 radical (unpaired) electrons. The van der Waals surface area contributed by atoms with Gasteiger partial charge in [-0.3, -0.25) is 9.62 Å². The van der Waals surface area contributed by atoms with E-state index in [9.17, 15) is 17.2 Å². The summed E-state index contributed by atoms with van der Waals surface area (Å²) in [5.41, 5.74) is 1.38. The van der Waals surface area contributed by atoms with Crippen LogP contribution in [0.4, 0.5) is 13.9 Å². The van der Waals surface area contributed by atoms with Crippen molar-refractivity contribution in [2.45, 2.75) is 44.2 Å². The van der Waals surface area contributed by atoms with Crippen LogP contribution in [0.15, 0.2) is 53.7 Å². The molecule has 1 aliphatic heterocycles. The Morgan fingerprint density at radius 2 is 1.94 bits per heavy atom. The summed E-state index contributed by atoms with van der Waals surface area (Å²) in [5, 5.41) is -0.0180. The van der Waals surface area contributed by atoms with E-state index in [1.807, 2.05) is 30.3 Å². The van der Waals surface area contributed by atoms with Crippen molar-refractivity contribution in [3.63, 3.8) is 0 Å². The summed E-state index contributed by atoms with van der Waals surface area (Å²) in [7, 11) is -4.33. The smallest absolute Gasteiger partial charge is 0.266 e. The van der Waals surface area contributed by atoms with E-state index in [2.05, 4.69) is 32.8 Å². The molecule has 1 N–H and O–H groups in total. The molecule has 1 fully saturated rings. The van der Waals surface area contributed by atoms with Crippen LogP contribution in [0.3, 0.4) is 0 Å². The Labute approximate surface area is 190 Å². The van der Waals surface area contributed by atoms with Crippen molar-refractivity contribution < 1.29 is 17.2 Å². The van der Waals surface area contributed by atoms with Gasteiger partial charge in [-0.15, -0.1) is 0 Å². The van der Waals surface area contributed by atoms with Gasteiger partial charge in [0.1, 0.15) is 22.9 Å². The van der Waals surface area contributed by atoms with Gasteiger partial charge in [-0.2, -0.15) is 4.37 Å². The minimum absolute atomic E-state index is 0.0180. The van der Waals surface area contributed by atoms with Crippen molar-refractivity contribution in [3.8, 4) is 0 Å². The van der Waals surface area contributed by atoms with Gasteiger partial charge in [-0.1, -0.05) is 44.2 Å². The maximum atomic E-state index is 15.0. The van der Waals surface area contributed by atoms with Crippen molar-refractivity contribution in [2.24, 2.45) is 5.41 Å². The van der Waals surface area contributed by atoms with Crippen LogP contribution in [-0.4, -0.2) is 29.2 Å². The minimum Gasteiger partial charge on any atom is -0.292 e. The normalized spacial score (nSPS) is 19.1. The predicted molar refractivity (Wildman–Crippen MR) is 120 cm³/mol. The van der Waals surface area contributed by atoms with Gasteiger partial charge < -0.3 is 0 Å². The van der Waals surface area contributed by atoms with Gasteiger partial charge in [0.15, 0.2) is 0 Å². The zero-order chi connectivity index (χ0) is 22.9. The number of nitrogens with one attached hydrogen (secondary N) is 1. The second-order valence-electron chi connectivity index (χ2n) is 8.74. The quantitative estimate of drug-likeness (QED) is 0.541. The van der Waals surface area contributed by atoms with Gasteiger partial charge in [-0.25, -0.2) is 22.2 Å². The lowest BCUT2D eigenvalue weighted by atomic mass is 9.77. The number of nitrogens with zero attached hydrogens (tertiary/aromatic N) is 3. The van der Waals surface area contributed by atoms with E-state index in [0.717, 1.165) is 48.6 Å². The molecule has 2 heterocycles. The molecule has 1 aromatic heterocycles. The number of sulfonamides is 1. The molecule has 0 saturated carbocycles. The van der Waals surface area contributed by atoms with Gasteiger partial charge in [0.25, 0.3) is 10.0 Å². The number of piperidine rings is 1. The van der Waals surface area contributed by atoms with Crippen LogP contribution in [0, 0.1) is 17.0 Å². The maximum absolute atomic E-state index is 15.0. The SMILES string of the molecule is CC1(C)CCN(Cc2cc(F)c(S(=O)(=O)Nc3ncns3)cc2F)[C@@H](c2ccccc2)C1. The molecule has 32 heavy (non-hydrogen) atoms. The number of aromatic nitrogens is 2. The second-order valence-corrected chi connectivity index (χ2v) is 11.2. The van der Waals surface area contributed by atoms with Crippen LogP contribution in [0.25, 0.3) is 0 Å². The summed E-state index contributed by atoms with van der Waals surface area (Å²) in [5.74, 6) is -1.77. The minimum atomic E-state index is -4.33. The molecule has 1 saturated heterocycles. The molecular formula is C22H24F2N4O2S2. The fourth-order valence-corrected chi connectivity index (χ4v) is 5.79. The number of rotatable bonds is 6. The van der Waals surface area contributed by atoms with Crippen molar-refractivity contribution in [3.05, 3.63) is 71.6 Å². The summed E-state index contributed by atoms with van der Waals surface area (Å²) in [4.78, 5) is 5.09. The summed E-state index contributed by atoms with van der Waals surface area (Å²) in [6.07, 6.45) is 2.99. The average molecular weight is 479 g/mol. The number of benzene rings is 2. The van der Waals surface area contributed by atoms with Crippen LogP contribution in [0.5, 0.6) is 0 Å². The average Bonchev–Trinajstić information content (AvgIpc) is 3.24. The van der Waals surface area contributed by atoms with Crippen molar-refractivity contribution >= 4 is 26.7 Å². The van der Waals surface area contributed by atoms with Crippen molar-refractivity contribution in [2.75, 3.05) is 11.3 Å². The first kappa shape index (κ1) is 22.8. The molecule has 4 rings (SSSR count). The molecule has 0 bridgehead atoms. The first-order valence-electron chi connectivity index (χ1n) is 10.2. The van der Waals surface area contributed by atoms with Gasteiger partial charge in [-0.05, 0) is 42.5 Å². The van der Waals surface area contributed by atoms with Crippen LogP contribution in [0.1, 0.15) is 43.9 Å². The Balaban J connectivity index is 1.60. The van der Waals surface area contributed by atoms with E-state index in [4.69, 9.17) is 0 Å². The summed E-state index contributed by atoms with van der Waals surface area (Å²) < 4.78 is 60.6. The molecule has 1 aliphatic rings. The van der Waals surface area contributed by atoms with Gasteiger partial charge in [0.2, 0.25) is 5.13 Å². The molecule has 2 aromatic carbocycles. The van der Waals surface area contributed by atoms with Gasteiger partial charge in [0.05, 0.1) is 0 Å². The summed E-state index contributed by atoms with van der Waals surface area (Å²) in [6.45, 7) is 5.34. The van der Waals surface area contributed by atoms with Gasteiger partial charge >= 0.3 is 0 Å². The number of anilines is 1. The molecule has 10 heteroatoms. The van der Waals surface area contributed by atoms with Crippen LogP contribution in [0.2, 0.25) is 0 Å². The van der Waals surface area contributed by atoms with E-state index in [1.165, 1.54) is 6.33 Å². The fourth-order valence-electron chi connectivity index (χ4n) is 4.05. The zero-order valence-corrected chi connectivity index (χ0v) is 19.4. The molecule has 3 aromatic rings. The Bertz CT molecular complexity index is 1190. The fraction of sp³-hybridized carbons (Fsp3) is 0.364. The van der Waals surface area contributed by atoms with E-state index in [1.54, 1.807) is 0 Å². The summed E-state index contributed by atoms with van der Waals surface area (Å²) >= 11 is 0.805. The number of hydrogen-bond acceptors (Lipinski definition) is 6. The molecule has 0 amide bonds. The van der Waals surface area contributed by atoms with Crippen LogP contribution in [-0.2, 0) is 16.6 Å². The van der Waals surface area contributed by atoms with Crippen molar-refractivity contribution in [1.29, 1.82) is 0 Å². The third-order valence-corrected chi connectivity index (χ3v) is 7.86. The highest BCUT2D eigenvalue weighted by molar-refractivity contribution is 7.93. The van der Waals surface area contributed by atoms with Crippen LogP contribution >= 0.6 is 11.5 Å². The zero-order valence-electron chi connectivity index (χ0n) is 17.8. The monoisotopic (exact) mass is 478 g/mol. The highest BCUT2D eigenvalue weighted by Gasteiger charge is 2.34. The second kappa shape index (κ2) is 8.84.